The lowest BCUT2D eigenvalue weighted by molar-refractivity contribution is -0.117. The molecule has 0 radical (unpaired) electrons. The minimum Gasteiger partial charge on any atom is -0.319 e. The van der Waals surface area contributed by atoms with Gasteiger partial charge in [-0.1, -0.05) is 18.2 Å². The number of hydrogen-bond donors (Lipinski definition) is 1. The molecule has 3 aromatic rings. The summed E-state index contributed by atoms with van der Waals surface area (Å²) in [6.45, 7) is 2.53. The number of aromatic nitrogens is 1. The van der Waals surface area contributed by atoms with Gasteiger partial charge in [-0.2, -0.15) is 0 Å². The highest BCUT2D eigenvalue weighted by Gasteiger charge is 2.25. The van der Waals surface area contributed by atoms with Crippen molar-refractivity contribution in [3.8, 4) is 9.88 Å². The van der Waals surface area contributed by atoms with Crippen LogP contribution in [0.4, 0.5) is 11.4 Å². The number of thiazole rings is 1. The third-order valence-corrected chi connectivity index (χ3v) is 6.45. The number of hydrogen-bond acceptors (Lipinski definition) is 5. The zero-order valence-electron chi connectivity index (χ0n) is 14.2. The van der Waals surface area contributed by atoms with E-state index in [1.54, 1.807) is 16.2 Å². The number of benzene rings is 1. The molecule has 7 heteroatoms. The van der Waals surface area contributed by atoms with Crippen LogP contribution in [-0.2, 0) is 4.79 Å². The van der Waals surface area contributed by atoms with Crippen molar-refractivity contribution in [2.75, 3.05) is 16.8 Å². The molecule has 0 aliphatic carbocycles. The number of carbonyl (C=O) groups excluding carboxylic acids is 2. The second-order valence-corrected chi connectivity index (χ2v) is 7.98. The number of nitrogens with one attached hydrogen (secondary N) is 1. The fourth-order valence-electron chi connectivity index (χ4n) is 3.01. The van der Waals surface area contributed by atoms with Crippen LogP contribution < -0.4 is 10.2 Å². The minimum absolute atomic E-state index is 0.0978. The molecule has 5 nitrogen and oxygen atoms in total. The predicted molar refractivity (Wildman–Crippen MR) is 106 cm³/mol. The summed E-state index contributed by atoms with van der Waals surface area (Å²) in [7, 11) is 0. The van der Waals surface area contributed by atoms with Gasteiger partial charge in [-0.3, -0.25) is 9.59 Å². The molecule has 2 amide bonds. The standard InChI is InChI=1S/C19H17N3O2S2/c1-12-17(26-19(20-12)15-8-5-11-25-15)18(24)21-13-6-2-3-7-14(13)22-10-4-9-16(22)23/h2-3,5-8,11H,4,9-10H2,1H3,(H,21,24). The molecule has 0 saturated carbocycles. The van der Waals surface area contributed by atoms with Gasteiger partial charge in [-0.05, 0) is 36.9 Å². The van der Waals surface area contributed by atoms with Gasteiger partial charge in [0, 0.05) is 13.0 Å². The van der Waals surface area contributed by atoms with E-state index in [0.717, 1.165) is 22.0 Å². The summed E-state index contributed by atoms with van der Waals surface area (Å²) < 4.78 is 0. The van der Waals surface area contributed by atoms with E-state index >= 15 is 0 Å². The Hall–Kier alpha value is -2.51. The Morgan fingerprint density at radius 1 is 1.23 bits per heavy atom. The Balaban J connectivity index is 1.61. The molecule has 0 spiro atoms. The lowest BCUT2D eigenvalue weighted by atomic mass is 10.2. The third-order valence-electron chi connectivity index (χ3n) is 4.25. The van der Waals surface area contributed by atoms with Gasteiger partial charge in [0.15, 0.2) is 0 Å². The van der Waals surface area contributed by atoms with Crippen LogP contribution in [-0.4, -0.2) is 23.3 Å². The number of thiophene rings is 1. The van der Waals surface area contributed by atoms with Crippen LogP contribution in [0.3, 0.4) is 0 Å². The molecule has 4 rings (SSSR count). The highest BCUT2D eigenvalue weighted by atomic mass is 32.1. The zero-order chi connectivity index (χ0) is 18.1. The van der Waals surface area contributed by atoms with Crippen molar-refractivity contribution in [3.05, 3.63) is 52.3 Å². The molecule has 1 aromatic carbocycles. The Morgan fingerprint density at radius 3 is 2.81 bits per heavy atom. The maximum absolute atomic E-state index is 12.8. The quantitative estimate of drug-likeness (QED) is 0.718. The topological polar surface area (TPSA) is 62.3 Å². The molecule has 0 bridgehead atoms. The van der Waals surface area contributed by atoms with Crippen LogP contribution in [0.5, 0.6) is 0 Å². The molecule has 3 heterocycles. The second kappa shape index (κ2) is 7.01. The highest BCUT2D eigenvalue weighted by Crippen LogP contribution is 2.33. The fraction of sp³-hybridized carbons (Fsp3) is 0.211. The lowest BCUT2D eigenvalue weighted by Crippen LogP contribution is -2.25. The molecule has 1 fully saturated rings. The van der Waals surface area contributed by atoms with Crippen LogP contribution in [0.15, 0.2) is 41.8 Å². The smallest absolute Gasteiger partial charge is 0.267 e. The Bertz CT molecular complexity index is 963. The molecule has 0 unspecified atom stereocenters. The second-order valence-electron chi connectivity index (χ2n) is 6.03. The van der Waals surface area contributed by atoms with E-state index in [-0.39, 0.29) is 11.8 Å². The maximum Gasteiger partial charge on any atom is 0.267 e. The number of para-hydroxylation sites is 2. The first-order valence-corrected chi connectivity index (χ1v) is 10.0. The highest BCUT2D eigenvalue weighted by molar-refractivity contribution is 7.22. The van der Waals surface area contributed by atoms with E-state index < -0.39 is 0 Å². The van der Waals surface area contributed by atoms with Crippen molar-refractivity contribution < 1.29 is 9.59 Å². The summed E-state index contributed by atoms with van der Waals surface area (Å²) in [4.78, 5) is 32.8. The first kappa shape index (κ1) is 16.9. The van der Waals surface area contributed by atoms with Crippen LogP contribution in [0.2, 0.25) is 0 Å². The SMILES string of the molecule is Cc1nc(-c2cccs2)sc1C(=O)Nc1ccccc1N1CCCC1=O. The number of nitrogens with zero attached hydrogens (tertiary/aromatic N) is 2. The molecular weight excluding hydrogens is 366 g/mol. The van der Waals surface area contributed by atoms with Crippen molar-refractivity contribution in [2.24, 2.45) is 0 Å². The van der Waals surface area contributed by atoms with Crippen molar-refractivity contribution in [2.45, 2.75) is 19.8 Å². The summed E-state index contributed by atoms with van der Waals surface area (Å²) >= 11 is 3.00. The summed E-state index contributed by atoms with van der Waals surface area (Å²) in [5, 5.41) is 5.81. The molecule has 1 N–H and O–H groups in total. The molecule has 26 heavy (non-hydrogen) atoms. The number of amides is 2. The van der Waals surface area contributed by atoms with E-state index in [1.165, 1.54) is 11.3 Å². The Kier molecular flexibility index (Phi) is 4.57. The predicted octanol–water partition coefficient (Wildman–Crippen LogP) is 4.56. The van der Waals surface area contributed by atoms with Gasteiger partial charge in [0.1, 0.15) is 9.88 Å². The van der Waals surface area contributed by atoms with Gasteiger partial charge in [0.25, 0.3) is 5.91 Å². The Morgan fingerprint density at radius 2 is 2.08 bits per heavy atom. The molecule has 0 atom stereocenters. The van der Waals surface area contributed by atoms with Crippen molar-refractivity contribution in [1.29, 1.82) is 0 Å². The van der Waals surface area contributed by atoms with Gasteiger partial charge in [0.05, 0.1) is 21.9 Å². The van der Waals surface area contributed by atoms with Crippen LogP contribution in [0, 0.1) is 6.92 Å². The molecule has 2 aromatic heterocycles. The molecule has 1 saturated heterocycles. The average molecular weight is 383 g/mol. The lowest BCUT2D eigenvalue weighted by Gasteiger charge is -2.19. The van der Waals surface area contributed by atoms with Crippen molar-refractivity contribution in [3.63, 3.8) is 0 Å². The molecule has 1 aliphatic heterocycles. The van der Waals surface area contributed by atoms with E-state index in [1.807, 2.05) is 48.7 Å². The third kappa shape index (κ3) is 3.15. The van der Waals surface area contributed by atoms with Crippen molar-refractivity contribution in [1.82, 2.24) is 4.98 Å². The van der Waals surface area contributed by atoms with E-state index in [2.05, 4.69) is 10.3 Å². The average Bonchev–Trinajstić information content (AvgIpc) is 3.36. The van der Waals surface area contributed by atoms with Crippen LogP contribution in [0.1, 0.15) is 28.2 Å². The van der Waals surface area contributed by atoms with Gasteiger partial charge < -0.3 is 10.2 Å². The molecular formula is C19H17N3O2S2. The van der Waals surface area contributed by atoms with Gasteiger partial charge >= 0.3 is 0 Å². The number of rotatable bonds is 4. The summed E-state index contributed by atoms with van der Waals surface area (Å²) in [6.07, 6.45) is 1.40. The first-order chi connectivity index (χ1) is 12.6. The van der Waals surface area contributed by atoms with Gasteiger partial charge in [0.2, 0.25) is 5.91 Å². The summed E-state index contributed by atoms with van der Waals surface area (Å²) in [5.74, 6) is -0.0949. The van der Waals surface area contributed by atoms with Crippen LogP contribution >= 0.6 is 22.7 Å². The summed E-state index contributed by atoms with van der Waals surface area (Å²) in [6, 6.07) is 11.4. The van der Waals surface area contributed by atoms with Gasteiger partial charge in [-0.15, -0.1) is 22.7 Å². The van der Waals surface area contributed by atoms with Gasteiger partial charge in [-0.25, -0.2) is 4.98 Å². The fourth-order valence-corrected chi connectivity index (χ4v) is 4.77. The molecule has 1 aliphatic rings. The normalized spacial score (nSPS) is 14.0. The molecule has 132 valence electrons. The summed E-state index contributed by atoms with van der Waals surface area (Å²) in [5.41, 5.74) is 2.12. The number of aryl methyl sites for hydroxylation is 1. The van der Waals surface area contributed by atoms with E-state index in [9.17, 15) is 9.59 Å². The van der Waals surface area contributed by atoms with Crippen molar-refractivity contribution >= 4 is 45.9 Å². The van der Waals surface area contributed by atoms with E-state index in [0.29, 0.717) is 29.2 Å². The number of carbonyl (C=O) groups is 2. The minimum atomic E-state index is -0.193. The van der Waals surface area contributed by atoms with Crippen LogP contribution in [0.25, 0.3) is 9.88 Å². The van der Waals surface area contributed by atoms with E-state index in [4.69, 9.17) is 0 Å². The Labute approximate surface area is 159 Å². The maximum atomic E-state index is 12.8. The zero-order valence-corrected chi connectivity index (χ0v) is 15.8. The monoisotopic (exact) mass is 383 g/mol. The largest absolute Gasteiger partial charge is 0.319 e. The first-order valence-electron chi connectivity index (χ1n) is 8.35. The number of anilines is 2.